The number of pyridine rings is 1. The Hall–Kier alpha value is -2.40. The number of aromatic nitrogens is 1. The summed E-state index contributed by atoms with van der Waals surface area (Å²) in [5, 5.41) is 3.07. The predicted octanol–water partition coefficient (Wildman–Crippen LogP) is 1.74. The maximum atomic E-state index is 12.4. The van der Waals surface area contributed by atoms with Crippen molar-refractivity contribution in [3.05, 3.63) is 70.6 Å². The highest BCUT2D eigenvalue weighted by atomic mass is 16.5. The molecule has 1 aliphatic rings. The van der Waals surface area contributed by atoms with E-state index in [1.165, 1.54) is 6.07 Å². The van der Waals surface area contributed by atoms with E-state index in [1.807, 2.05) is 36.4 Å². The molecule has 2 atom stereocenters. The number of rotatable bonds is 5. The van der Waals surface area contributed by atoms with E-state index in [4.69, 9.17) is 4.74 Å². The van der Waals surface area contributed by atoms with Gasteiger partial charge in [-0.3, -0.25) is 9.59 Å². The molecule has 1 aromatic heterocycles. The number of hydrogen-bond donors (Lipinski definition) is 1. The van der Waals surface area contributed by atoms with E-state index in [2.05, 4.69) is 5.32 Å². The maximum Gasteiger partial charge on any atom is 0.250 e. The summed E-state index contributed by atoms with van der Waals surface area (Å²) in [4.78, 5) is 24.4. The van der Waals surface area contributed by atoms with E-state index in [1.54, 1.807) is 16.8 Å². The molecule has 2 heterocycles. The van der Waals surface area contributed by atoms with Gasteiger partial charge in [-0.2, -0.15) is 0 Å². The standard InChI is InChI=1S/C18H20N2O3/c21-17-8-4-5-10-20(17)12-16(14-6-2-1-3-7-14)19-18(22)15-9-11-23-13-15/h1-8,10,15-16H,9,11-13H2,(H,19,22)/t15-,16-/m0/s1. The first kappa shape index (κ1) is 15.5. The molecule has 0 spiro atoms. The third-order valence-electron chi connectivity index (χ3n) is 4.10. The molecule has 5 heteroatoms. The Morgan fingerprint density at radius 2 is 2.00 bits per heavy atom. The average Bonchev–Trinajstić information content (AvgIpc) is 3.11. The van der Waals surface area contributed by atoms with Crippen LogP contribution in [0, 0.1) is 5.92 Å². The summed E-state index contributed by atoms with van der Waals surface area (Å²) in [5.41, 5.74) is 0.905. The summed E-state index contributed by atoms with van der Waals surface area (Å²) in [5.74, 6) is -0.117. The van der Waals surface area contributed by atoms with E-state index in [0.29, 0.717) is 19.8 Å². The van der Waals surface area contributed by atoms with Gasteiger partial charge in [0.15, 0.2) is 0 Å². The molecule has 1 aliphatic heterocycles. The molecule has 0 saturated carbocycles. The summed E-state index contributed by atoms with van der Waals surface area (Å²) in [7, 11) is 0. The highest BCUT2D eigenvalue weighted by Crippen LogP contribution is 2.18. The summed E-state index contributed by atoms with van der Waals surface area (Å²) < 4.78 is 6.90. The van der Waals surface area contributed by atoms with Crippen LogP contribution in [-0.2, 0) is 16.1 Å². The number of ether oxygens (including phenoxy) is 1. The molecule has 2 aromatic rings. The minimum atomic E-state index is -0.246. The van der Waals surface area contributed by atoms with Crippen LogP contribution in [0.25, 0.3) is 0 Å². The van der Waals surface area contributed by atoms with Crippen molar-refractivity contribution in [3.63, 3.8) is 0 Å². The van der Waals surface area contributed by atoms with Crippen molar-refractivity contribution in [2.75, 3.05) is 13.2 Å². The zero-order chi connectivity index (χ0) is 16.1. The van der Waals surface area contributed by atoms with Crippen LogP contribution in [0.15, 0.2) is 59.5 Å². The third kappa shape index (κ3) is 3.87. The van der Waals surface area contributed by atoms with Crippen molar-refractivity contribution in [3.8, 4) is 0 Å². The topological polar surface area (TPSA) is 60.3 Å². The Balaban J connectivity index is 1.80. The lowest BCUT2D eigenvalue weighted by Gasteiger charge is -2.22. The highest BCUT2D eigenvalue weighted by Gasteiger charge is 2.26. The number of carbonyl (C=O) groups is 1. The summed E-state index contributed by atoms with van der Waals surface area (Å²) in [6.45, 7) is 1.51. The number of nitrogens with one attached hydrogen (secondary N) is 1. The zero-order valence-electron chi connectivity index (χ0n) is 12.9. The van der Waals surface area contributed by atoms with Crippen LogP contribution in [0.2, 0.25) is 0 Å². The number of nitrogens with zero attached hydrogens (tertiary/aromatic N) is 1. The third-order valence-corrected chi connectivity index (χ3v) is 4.10. The second kappa shape index (κ2) is 7.24. The smallest absolute Gasteiger partial charge is 0.250 e. The van der Waals surface area contributed by atoms with Crippen molar-refractivity contribution in [2.45, 2.75) is 19.0 Å². The van der Waals surface area contributed by atoms with Gasteiger partial charge in [-0.15, -0.1) is 0 Å². The van der Waals surface area contributed by atoms with Gasteiger partial charge in [0.25, 0.3) is 5.56 Å². The zero-order valence-corrected chi connectivity index (χ0v) is 12.9. The van der Waals surface area contributed by atoms with Crippen LogP contribution in [0.4, 0.5) is 0 Å². The predicted molar refractivity (Wildman–Crippen MR) is 87.0 cm³/mol. The quantitative estimate of drug-likeness (QED) is 0.915. The molecule has 120 valence electrons. The van der Waals surface area contributed by atoms with Crippen molar-refractivity contribution < 1.29 is 9.53 Å². The molecular weight excluding hydrogens is 292 g/mol. The Morgan fingerprint density at radius 1 is 1.22 bits per heavy atom. The minimum Gasteiger partial charge on any atom is -0.381 e. The van der Waals surface area contributed by atoms with Crippen LogP contribution in [-0.4, -0.2) is 23.7 Å². The maximum absolute atomic E-state index is 12.4. The Labute approximate surface area is 134 Å². The Bertz CT molecular complexity index is 705. The van der Waals surface area contributed by atoms with E-state index in [-0.39, 0.29) is 23.4 Å². The molecule has 1 saturated heterocycles. The van der Waals surface area contributed by atoms with Crippen LogP contribution < -0.4 is 10.9 Å². The van der Waals surface area contributed by atoms with Gasteiger partial charge in [0.05, 0.1) is 25.1 Å². The summed E-state index contributed by atoms with van der Waals surface area (Å²) >= 11 is 0. The first-order valence-corrected chi connectivity index (χ1v) is 7.82. The fraction of sp³-hybridized carbons (Fsp3) is 0.333. The van der Waals surface area contributed by atoms with E-state index >= 15 is 0 Å². The SMILES string of the molecule is O=C(N[C@@H](Cn1ccccc1=O)c1ccccc1)[C@H]1CCOC1. The van der Waals surface area contributed by atoms with Crippen LogP contribution in [0.5, 0.6) is 0 Å². The molecule has 0 radical (unpaired) electrons. The number of hydrogen-bond acceptors (Lipinski definition) is 3. The lowest BCUT2D eigenvalue weighted by Crippen LogP contribution is -2.37. The Morgan fingerprint density at radius 3 is 2.70 bits per heavy atom. The molecule has 1 N–H and O–H groups in total. The van der Waals surface area contributed by atoms with Crippen molar-refractivity contribution in [1.29, 1.82) is 0 Å². The lowest BCUT2D eigenvalue weighted by atomic mass is 10.0. The largest absolute Gasteiger partial charge is 0.381 e. The minimum absolute atomic E-state index is 0.0136. The molecule has 0 bridgehead atoms. The summed E-state index contributed by atoms with van der Waals surface area (Å²) in [6.07, 6.45) is 2.49. The lowest BCUT2D eigenvalue weighted by molar-refractivity contribution is -0.125. The molecule has 1 aromatic carbocycles. The van der Waals surface area contributed by atoms with E-state index in [0.717, 1.165) is 12.0 Å². The number of carbonyl (C=O) groups excluding carboxylic acids is 1. The van der Waals surface area contributed by atoms with Gasteiger partial charge < -0.3 is 14.6 Å². The molecule has 5 nitrogen and oxygen atoms in total. The van der Waals surface area contributed by atoms with Crippen LogP contribution in [0.1, 0.15) is 18.0 Å². The van der Waals surface area contributed by atoms with Crippen LogP contribution >= 0.6 is 0 Å². The van der Waals surface area contributed by atoms with Gasteiger partial charge in [-0.25, -0.2) is 0 Å². The van der Waals surface area contributed by atoms with Crippen molar-refractivity contribution in [1.82, 2.24) is 9.88 Å². The van der Waals surface area contributed by atoms with Crippen molar-refractivity contribution >= 4 is 5.91 Å². The van der Waals surface area contributed by atoms with Gasteiger partial charge in [-0.05, 0) is 18.1 Å². The molecule has 1 fully saturated rings. The number of amides is 1. The molecule has 1 amide bonds. The molecular formula is C18H20N2O3. The highest BCUT2D eigenvalue weighted by molar-refractivity contribution is 5.79. The van der Waals surface area contributed by atoms with Gasteiger partial charge in [0, 0.05) is 18.9 Å². The fourth-order valence-electron chi connectivity index (χ4n) is 2.76. The van der Waals surface area contributed by atoms with Gasteiger partial charge in [-0.1, -0.05) is 36.4 Å². The monoisotopic (exact) mass is 312 g/mol. The van der Waals surface area contributed by atoms with Crippen molar-refractivity contribution in [2.24, 2.45) is 5.92 Å². The molecule has 0 aliphatic carbocycles. The van der Waals surface area contributed by atoms with Gasteiger partial charge in [0.2, 0.25) is 5.91 Å². The molecule has 0 unspecified atom stereocenters. The van der Waals surface area contributed by atoms with E-state index < -0.39 is 0 Å². The Kier molecular flexibility index (Phi) is 4.88. The second-order valence-corrected chi connectivity index (χ2v) is 5.72. The fourth-order valence-corrected chi connectivity index (χ4v) is 2.76. The van der Waals surface area contributed by atoms with Gasteiger partial charge >= 0.3 is 0 Å². The number of benzene rings is 1. The molecule has 3 rings (SSSR count). The van der Waals surface area contributed by atoms with Gasteiger partial charge in [0.1, 0.15) is 0 Å². The first-order valence-electron chi connectivity index (χ1n) is 7.82. The second-order valence-electron chi connectivity index (χ2n) is 5.72. The average molecular weight is 312 g/mol. The first-order chi connectivity index (χ1) is 11.2. The molecule has 23 heavy (non-hydrogen) atoms. The van der Waals surface area contributed by atoms with E-state index in [9.17, 15) is 9.59 Å². The summed E-state index contributed by atoms with van der Waals surface area (Å²) in [6, 6.07) is 14.5. The normalized spacial score (nSPS) is 18.5. The van der Waals surface area contributed by atoms with Crippen LogP contribution in [0.3, 0.4) is 0 Å².